The van der Waals surface area contributed by atoms with Gasteiger partial charge in [0, 0.05) is 33.3 Å². The first-order valence-corrected chi connectivity index (χ1v) is 10.5. The maximum atomic E-state index is 12.0. The Hall–Kier alpha value is -3.06. The van der Waals surface area contributed by atoms with Crippen molar-refractivity contribution in [2.75, 3.05) is 5.73 Å². The Bertz CT molecular complexity index is 1210. The summed E-state index contributed by atoms with van der Waals surface area (Å²) in [5, 5.41) is 9.85. The van der Waals surface area contributed by atoms with Crippen LogP contribution in [0.1, 0.15) is 40.9 Å². The minimum absolute atomic E-state index is 0.219. The van der Waals surface area contributed by atoms with E-state index in [0.717, 1.165) is 44.5 Å². The maximum absolute atomic E-state index is 12.0. The normalized spacial score (nSPS) is 11.3. The molecule has 0 unspecified atom stereocenters. The average molecular weight is 468 g/mol. The van der Waals surface area contributed by atoms with E-state index in [-0.39, 0.29) is 5.69 Å². The van der Waals surface area contributed by atoms with Crippen molar-refractivity contribution < 1.29 is 14.3 Å². The zero-order chi connectivity index (χ0) is 21.4. The highest BCUT2D eigenvalue weighted by Gasteiger charge is 2.27. The highest BCUT2D eigenvalue weighted by atomic mass is 79.9. The van der Waals surface area contributed by atoms with Gasteiger partial charge in [-0.1, -0.05) is 25.1 Å². The van der Waals surface area contributed by atoms with Gasteiger partial charge in [-0.3, -0.25) is 0 Å². The number of para-hydroxylation sites is 1. The molecule has 0 atom stereocenters. The van der Waals surface area contributed by atoms with Gasteiger partial charge in [-0.05, 0) is 52.5 Å². The van der Waals surface area contributed by atoms with Crippen LogP contribution in [0.3, 0.4) is 0 Å². The van der Waals surface area contributed by atoms with Crippen molar-refractivity contribution >= 4 is 27.6 Å². The number of carboxylic acid groups (broad SMARTS) is 1. The van der Waals surface area contributed by atoms with E-state index in [0.29, 0.717) is 24.3 Å². The fourth-order valence-electron chi connectivity index (χ4n) is 4.02. The molecule has 0 saturated heterocycles. The summed E-state index contributed by atoms with van der Waals surface area (Å²) in [4.78, 5) is 16.6. The van der Waals surface area contributed by atoms with Crippen molar-refractivity contribution in [3.8, 4) is 22.3 Å². The van der Waals surface area contributed by atoms with Crippen LogP contribution in [-0.2, 0) is 13.0 Å². The lowest BCUT2D eigenvalue weighted by atomic mass is 10.0. The Labute approximate surface area is 182 Å². The fraction of sp³-hybridized carbons (Fsp3) is 0.217. The van der Waals surface area contributed by atoms with Gasteiger partial charge in [0.15, 0.2) is 5.69 Å². The number of nitrogens with zero attached hydrogens (tertiary/aromatic N) is 2. The van der Waals surface area contributed by atoms with E-state index in [1.165, 1.54) is 0 Å². The quantitative estimate of drug-likeness (QED) is 0.359. The zero-order valence-corrected chi connectivity index (χ0v) is 18.4. The van der Waals surface area contributed by atoms with Gasteiger partial charge in [0.05, 0.1) is 24.8 Å². The van der Waals surface area contributed by atoms with Crippen LogP contribution in [0.4, 0.5) is 5.69 Å². The van der Waals surface area contributed by atoms with Crippen LogP contribution in [-0.4, -0.2) is 20.6 Å². The van der Waals surface area contributed by atoms with Crippen molar-refractivity contribution in [3.63, 3.8) is 0 Å². The molecule has 1 aliphatic heterocycles. The van der Waals surface area contributed by atoms with Crippen LogP contribution in [0, 0.1) is 6.92 Å². The SMILES string of the molecule is CCCc1nc(C)c(C(=O)O)n1Cc1c2ccocc-2c(Br)c1-c1ccccc1N. The Morgan fingerprint density at radius 1 is 1.23 bits per heavy atom. The maximum Gasteiger partial charge on any atom is 0.354 e. The number of benzene rings is 1. The van der Waals surface area contributed by atoms with E-state index in [1.807, 2.05) is 34.9 Å². The summed E-state index contributed by atoms with van der Waals surface area (Å²) in [6.07, 6.45) is 4.89. The molecule has 2 heterocycles. The van der Waals surface area contributed by atoms with Gasteiger partial charge in [-0.2, -0.15) is 0 Å². The molecule has 4 rings (SSSR count). The third-order valence-corrected chi connectivity index (χ3v) is 6.14. The van der Waals surface area contributed by atoms with E-state index < -0.39 is 5.97 Å². The zero-order valence-electron chi connectivity index (χ0n) is 16.8. The first kappa shape index (κ1) is 20.2. The predicted molar refractivity (Wildman–Crippen MR) is 120 cm³/mol. The molecule has 0 radical (unpaired) electrons. The summed E-state index contributed by atoms with van der Waals surface area (Å²) in [5.41, 5.74) is 12.4. The molecule has 1 aromatic carbocycles. The molecular weight excluding hydrogens is 446 g/mol. The fourth-order valence-corrected chi connectivity index (χ4v) is 4.78. The molecule has 3 N–H and O–H groups in total. The summed E-state index contributed by atoms with van der Waals surface area (Å²) >= 11 is 3.73. The second-order valence-electron chi connectivity index (χ2n) is 7.24. The number of fused-ring (bicyclic) bond motifs is 1. The monoisotopic (exact) mass is 467 g/mol. The Morgan fingerprint density at radius 3 is 2.70 bits per heavy atom. The minimum Gasteiger partial charge on any atom is -0.477 e. The molecule has 0 bridgehead atoms. The number of aromatic nitrogens is 2. The summed E-state index contributed by atoms with van der Waals surface area (Å²) in [6, 6.07) is 9.57. The highest BCUT2D eigenvalue weighted by molar-refractivity contribution is 9.10. The predicted octanol–water partition coefficient (Wildman–Crippen LogP) is 5.60. The van der Waals surface area contributed by atoms with Gasteiger partial charge in [0.1, 0.15) is 5.82 Å². The van der Waals surface area contributed by atoms with E-state index in [9.17, 15) is 9.90 Å². The number of aryl methyl sites for hydroxylation is 2. The van der Waals surface area contributed by atoms with Crippen LogP contribution in [0.5, 0.6) is 0 Å². The number of carboxylic acids is 1. The number of carbonyl (C=O) groups is 1. The van der Waals surface area contributed by atoms with Gasteiger partial charge in [-0.15, -0.1) is 0 Å². The van der Waals surface area contributed by atoms with Crippen LogP contribution in [0.25, 0.3) is 22.3 Å². The number of anilines is 1. The molecule has 0 saturated carbocycles. The number of rotatable bonds is 6. The van der Waals surface area contributed by atoms with Crippen molar-refractivity contribution in [2.45, 2.75) is 33.2 Å². The standard InChI is InChI=1S/C23H22BrN3O3/c1-3-6-19-26-13(2)22(23(28)29)27(19)11-16-14-9-10-30-12-17(14)21(24)20(16)15-7-4-5-8-18(15)25/h4-5,7-10,12H,3,6,11,25H2,1-2H3,(H,28,29). The lowest BCUT2D eigenvalue weighted by molar-refractivity contribution is 0.0684. The van der Waals surface area contributed by atoms with Gasteiger partial charge in [0.2, 0.25) is 0 Å². The third kappa shape index (κ3) is 3.29. The Kier molecular flexibility index (Phi) is 5.39. The molecule has 7 heteroatoms. The van der Waals surface area contributed by atoms with Crippen molar-refractivity contribution in [1.82, 2.24) is 9.55 Å². The molecule has 2 aliphatic rings. The first-order valence-electron chi connectivity index (χ1n) is 9.74. The van der Waals surface area contributed by atoms with E-state index in [4.69, 9.17) is 10.2 Å². The van der Waals surface area contributed by atoms with Crippen molar-refractivity contribution in [1.29, 1.82) is 0 Å². The summed E-state index contributed by atoms with van der Waals surface area (Å²) in [5.74, 6) is -0.210. The number of hydrogen-bond acceptors (Lipinski definition) is 4. The van der Waals surface area contributed by atoms with E-state index >= 15 is 0 Å². The van der Waals surface area contributed by atoms with Gasteiger partial charge in [-0.25, -0.2) is 9.78 Å². The average Bonchev–Trinajstić information content (AvgIpc) is 3.17. The Morgan fingerprint density at radius 2 is 2.00 bits per heavy atom. The minimum atomic E-state index is -0.979. The van der Waals surface area contributed by atoms with Gasteiger partial charge < -0.3 is 19.8 Å². The summed E-state index contributed by atoms with van der Waals surface area (Å²) in [7, 11) is 0. The van der Waals surface area contributed by atoms with Crippen molar-refractivity contribution in [3.05, 3.63) is 70.1 Å². The molecular formula is C23H22BrN3O3. The number of aromatic carboxylic acids is 1. The van der Waals surface area contributed by atoms with E-state index in [1.54, 1.807) is 19.5 Å². The molecule has 1 aliphatic carbocycles. The molecule has 0 spiro atoms. The van der Waals surface area contributed by atoms with Gasteiger partial charge in [0.25, 0.3) is 0 Å². The first-order chi connectivity index (χ1) is 14.4. The number of nitrogens with two attached hydrogens (primary N) is 1. The van der Waals surface area contributed by atoms with Gasteiger partial charge >= 0.3 is 5.97 Å². The van der Waals surface area contributed by atoms with Crippen LogP contribution in [0.2, 0.25) is 0 Å². The molecule has 30 heavy (non-hydrogen) atoms. The van der Waals surface area contributed by atoms with Crippen LogP contribution >= 0.6 is 15.9 Å². The molecule has 6 nitrogen and oxygen atoms in total. The van der Waals surface area contributed by atoms with E-state index in [2.05, 4.69) is 27.8 Å². The number of hydrogen-bond donors (Lipinski definition) is 2. The summed E-state index contributed by atoms with van der Waals surface area (Å²) in [6.45, 7) is 4.17. The molecule has 0 fully saturated rings. The topological polar surface area (TPSA) is 94.3 Å². The lowest BCUT2D eigenvalue weighted by Gasteiger charge is -2.14. The second kappa shape index (κ2) is 7.99. The van der Waals surface area contributed by atoms with Crippen LogP contribution < -0.4 is 5.73 Å². The molecule has 0 amide bonds. The van der Waals surface area contributed by atoms with Crippen LogP contribution in [0.15, 0.2) is 51.7 Å². The third-order valence-electron chi connectivity index (χ3n) is 5.32. The number of imidazole rings is 1. The smallest absolute Gasteiger partial charge is 0.354 e. The molecule has 1 aromatic heterocycles. The lowest BCUT2D eigenvalue weighted by Crippen LogP contribution is -2.14. The molecule has 2 aromatic rings. The largest absolute Gasteiger partial charge is 0.477 e. The Balaban J connectivity index is 1.99. The summed E-state index contributed by atoms with van der Waals surface area (Å²) < 4.78 is 8.10. The van der Waals surface area contributed by atoms with Crippen molar-refractivity contribution in [2.24, 2.45) is 0 Å². The number of nitrogen functional groups attached to an aromatic ring is 1. The second-order valence-corrected chi connectivity index (χ2v) is 8.04. The molecule has 154 valence electrons. The number of halogens is 1. The highest BCUT2D eigenvalue weighted by Crippen LogP contribution is 2.47.